The number of carboxylic acids is 1. The summed E-state index contributed by atoms with van der Waals surface area (Å²) < 4.78 is 0. The molecule has 0 amide bonds. The molecule has 0 saturated carbocycles. The Kier molecular flexibility index (Phi) is 12.3. The lowest BCUT2D eigenvalue weighted by molar-refractivity contribution is -0.157. The molecule has 0 aliphatic heterocycles. The van der Waals surface area contributed by atoms with Gasteiger partial charge in [0.2, 0.25) is 6.23 Å². The van der Waals surface area contributed by atoms with Gasteiger partial charge in [-0.1, -0.05) is 19.9 Å². The second-order valence-corrected chi connectivity index (χ2v) is 2.86. The average molecular weight is 218 g/mol. The predicted octanol–water partition coefficient (Wildman–Crippen LogP) is 0.252. The van der Waals surface area contributed by atoms with Gasteiger partial charge in [-0.05, 0) is 13.0 Å². The Morgan fingerprint density at radius 1 is 1.60 bits per heavy atom. The summed E-state index contributed by atoms with van der Waals surface area (Å²) in [5.74, 6) is -1.18. The van der Waals surface area contributed by atoms with Crippen LogP contribution in [0.25, 0.3) is 0 Å². The van der Waals surface area contributed by atoms with Crippen LogP contribution in [-0.2, 0) is 4.79 Å². The Morgan fingerprint density at radius 2 is 2.07 bits per heavy atom. The van der Waals surface area contributed by atoms with E-state index in [4.69, 9.17) is 15.9 Å². The molecule has 0 spiro atoms. The molecule has 1 unspecified atom stereocenters. The standard InChI is InChI=1S/C7H15NO3.C3H7N/c1-3-5-8(4-2)6(9)7(10)11;1-2-3-4/h6,9H,3-5H2,1-2H3,(H,10,11);2H,1,3-4H2. The summed E-state index contributed by atoms with van der Waals surface area (Å²) in [5.41, 5.74) is 4.91. The topological polar surface area (TPSA) is 86.8 Å². The van der Waals surface area contributed by atoms with Crippen LogP contribution in [0.15, 0.2) is 12.7 Å². The van der Waals surface area contributed by atoms with Crippen LogP contribution in [0.2, 0.25) is 0 Å². The van der Waals surface area contributed by atoms with Gasteiger partial charge >= 0.3 is 5.97 Å². The summed E-state index contributed by atoms with van der Waals surface area (Å²) in [7, 11) is 0. The molecule has 0 fully saturated rings. The van der Waals surface area contributed by atoms with Crippen LogP contribution in [0.4, 0.5) is 0 Å². The van der Waals surface area contributed by atoms with Gasteiger partial charge in [-0.15, -0.1) is 6.58 Å². The molecule has 5 heteroatoms. The van der Waals surface area contributed by atoms with E-state index in [9.17, 15) is 4.79 Å². The van der Waals surface area contributed by atoms with Crippen molar-refractivity contribution in [2.45, 2.75) is 26.5 Å². The lowest BCUT2D eigenvalue weighted by Crippen LogP contribution is -2.41. The van der Waals surface area contributed by atoms with E-state index in [1.165, 1.54) is 4.90 Å². The number of nitrogens with zero attached hydrogens (tertiary/aromatic N) is 1. The second kappa shape index (κ2) is 11.2. The SMILES string of the molecule is C=CCN.CCCN(CC)C(O)C(=O)O. The zero-order valence-electron chi connectivity index (χ0n) is 9.52. The zero-order valence-corrected chi connectivity index (χ0v) is 9.52. The number of nitrogens with two attached hydrogens (primary N) is 1. The fourth-order valence-electron chi connectivity index (χ4n) is 0.897. The van der Waals surface area contributed by atoms with E-state index < -0.39 is 12.2 Å². The quantitative estimate of drug-likeness (QED) is 0.439. The van der Waals surface area contributed by atoms with Crippen LogP contribution in [0.3, 0.4) is 0 Å². The Hall–Kier alpha value is -0.910. The predicted molar refractivity (Wildman–Crippen MR) is 60.4 cm³/mol. The Labute approximate surface area is 91.2 Å². The van der Waals surface area contributed by atoms with Crippen LogP contribution >= 0.6 is 0 Å². The highest BCUT2D eigenvalue weighted by Gasteiger charge is 2.19. The third-order valence-corrected chi connectivity index (χ3v) is 1.65. The van der Waals surface area contributed by atoms with Crippen molar-refractivity contribution in [1.29, 1.82) is 0 Å². The first-order valence-corrected chi connectivity index (χ1v) is 5.00. The third kappa shape index (κ3) is 9.40. The first kappa shape index (κ1) is 16.5. The molecule has 0 radical (unpaired) electrons. The van der Waals surface area contributed by atoms with Gasteiger partial charge in [0.05, 0.1) is 0 Å². The van der Waals surface area contributed by atoms with Crippen LogP contribution in [0, 0.1) is 0 Å². The Morgan fingerprint density at radius 3 is 2.27 bits per heavy atom. The molecule has 1 atom stereocenters. The largest absolute Gasteiger partial charge is 0.478 e. The molecule has 90 valence electrons. The molecule has 0 bridgehead atoms. The van der Waals surface area contributed by atoms with Crippen LogP contribution in [0.5, 0.6) is 0 Å². The van der Waals surface area contributed by atoms with Crippen molar-refractivity contribution >= 4 is 5.97 Å². The third-order valence-electron chi connectivity index (χ3n) is 1.65. The van der Waals surface area contributed by atoms with E-state index in [0.29, 0.717) is 19.6 Å². The van der Waals surface area contributed by atoms with Gasteiger partial charge < -0.3 is 15.9 Å². The first-order valence-electron chi connectivity index (χ1n) is 5.00. The fourth-order valence-corrected chi connectivity index (χ4v) is 0.897. The van der Waals surface area contributed by atoms with Gasteiger partial charge in [0.25, 0.3) is 0 Å². The van der Waals surface area contributed by atoms with Crippen molar-refractivity contribution in [1.82, 2.24) is 4.90 Å². The lowest BCUT2D eigenvalue weighted by Gasteiger charge is -2.22. The number of aliphatic hydroxyl groups is 1. The molecular weight excluding hydrogens is 196 g/mol. The van der Waals surface area contributed by atoms with Gasteiger partial charge in [-0.2, -0.15) is 0 Å². The molecule has 15 heavy (non-hydrogen) atoms. The summed E-state index contributed by atoms with van der Waals surface area (Å²) in [4.78, 5) is 11.8. The zero-order chi connectivity index (χ0) is 12.3. The smallest absolute Gasteiger partial charge is 0.348 e. The molecular formula is C10H22N2O3. The molecule has 4 N–H and O–H groups in total. The van der Waals surface area contributed by atoms with E-state index in [1.54, 1.807) is 6.08 Å². The maximum absolute atomic E-state index is 10.3. The molecule has 0 aliphatic rings. The van der Waals surface area contributed by atoms with E-state index in [1.807, 2.05) is 13.8 Å². The van der Waals surface area contributed by atoms with Crippen molar-refractivity contribution in [3.8, 4) is 0 Å². The fraction of sp³-hybridized carbons (Fsp3) is 0.700. The van der Waals surface area contributed by atoms with Crippen molar-refractivity contribution in [3.05, 3.63) is 12.7 Å². The summed E-state index contributed by atoms with van der Waals surface area (Å²) in [5, 5.41) is 17.5. The average Bonchev–Trinajstić information content (AvgIpc) is 2.25. The maximum Gasteiger partial charge on any atom is 0.348 e. The number of hydrogen-bond acceptors (Lipinski definition) is 4. The van der Waals surface area contributed by atoms with Gasteiger partial charge in [-0.25, -0.2) is 4.79 Å². The molecule has 0 saturated heterocycles. The minimum Gasteiger partial charge on any atom is -0.478 e. The summed E-state index contributed by atoms with van der Waals surface area (Å²) in [6, 6.07) is 0. The van der Waals surface area contributed by atoms with Crippen LogP contribution in [0.1, 0.15) is 20.3 Å². The minimum absolute atomic E-state index is 0.557. The van der Waals surface area contributed by atoms with Crippen molar-refractivity contribution in [3.63, 3.8) is 0 Å². The van der Waals surface area contributed by atoms with Gasteiger partial charge in [0.1, 0.15) is 0 Å². The number of likely N-dealkylation sites (N-methyl/N-ethyl adjacent to an activating group) is 1. The van der Waals surface area contributed by atoms with Gasteiger partial charge in [0, 0.05) is 13.1 Å². The normalized spacial score (nSPS) is 11.5. The van der Waals surface area contributed by atoms with Crippen molar-refractivity contribution in [2.75, 3.05) is 19.6 Å². The highest BCUT2D eigenvalue weighted by atomic mass is 16.4. The molecule has 0 aromatic rings. The second-order valence-electron chi connectivity index (χ2n) is 2.86. The molecule has 0 rings (SSSR count). The highest BCUT2D eigenvalue weighted by Crippen LogP contribution is 1.97. The lowest BCUT2D eigenvalue weighted by atomic mass is 10.4. The first-order chi connectivity index (χ1) is 7.04. The van der Waals surface area contributed by atoms with E-state index in [2.05, 4.69) is 6.58 Å². The summed E-state index contributed by atoms with van der Waals surface area (Å²) >= 11 is 0. The van der Waals surface area contributed by atoms with E-state index >= 15 is 0 Å². The van der Waals surface area contributed by atoms with Crippen LogP contribution < -0.4 is 5.73 Å². The molecule has 0 heterocycles. The van der Waals surface area contributed by atoms with Crippen molar-refractivity contribution < 1.29 is 15.0 Å². The number of carboxylic acid groups (broad SMARTS) is 1. The maximum atomic E-state index is 10.3. The highest BCUT2D eigenvalue weighted by molar-refractivity contribution is 5.71. The van der Waals surface area contributed by atoms with Crippen LogP contribution in [-0.4, -0.2) is 46.9 Å². The van der Waals surface area contributed by atoms with Crippen molar-refractivity contribution in [2.24, 2.45) is 5.73 Å². The molecule has 0 aliphatic carbocycles. The van der Waals surface area contributed by atoms with Gasteiger partial charge in [0.15, 0.2) is 0 Å². The summed E-state index contributed by atoms with van der Waals surface area (Å²) in [6.45, 7) is 8.87. The molecule has 0 aromatic carbocycles. The number of aliphatic carboxylic acids is 1. The number of hydrogen-bond donors (Lipinski definition) is 3. The molecule has 5 nitrogen and oxygen atoms in total. The number of aliphatic hydroxyl groups excluding tert-OH is 1. The molecule has 0 aromatic heterocycles. The Bertz CT molecular complexity index is 174. The summed E-state index contributed by atoms with van der Waals surface area (Å²) in [6.07, 6.45) is 1.15. The van der Waals surface area contributed by atoms with E-state index in [-0.39, 0.29) is 0 Å². The minimum atomic E-state index is -1.35. The number of rotatable bonds is 6. The monoisotopic (exact) mass is 218 g/mol. The Balaban J connectivity index is 0. The van der Waals surface area contributed by atoms with Gasteiger partial charge in [-0.3, -0.25) is 4.90 Å². The van der Waals surface area contributed by atoms with E-state index in [0.717, 1.165) is 6.42 Å². The number of carbonyl (C=O) groups is 1.